The summed E-state index contributed by atoms with van der Waals surface area (Å²) in [4.78, 5) is 14.6. The van der Waals surface area contributed by atoms with E-state index in [4.69, 9.17) is 4.74 Å². The first-order chi connectivity index (χ1) is 9.40. The number of hydrogen-bond donors (Lipinski definition) is 0. The quantitative estimate of drug-likeness (QED) is 0.685. The van der Waals surface area contributed by atoms with E-state index in [9.17, 15) is 4.79 Å². The Labute approximate surface area is 132 Å². The highest BCUT2D eigenvalue weighted by molar-refractivity contribution is 9.09. The normalized spacial score (nSPS) is 23.6. The van der Waals surface area contributed by atoms with Gasteiger partial charge in [-0.05, 0) is 37.0 Å². The summed E-state index contributed by atoms with van der Waals surface area (Å²) in [5.41, 5.74) is 0.375. The average Bonchev–Trinajstić information content (AvgIpc) is 2.42. The largest absolute Gasteiger partial charge is 0.383 e. The van der Waals surface area contributed by atoms with Gasteiger partial charge in [0.2, 0.25) is 5.91 Å². The lowest BCUT2D eigenvalue weighted by molar-refractivity contribution is -0.137. The summed E-state index contributed by atoms with van der Waals surface area (Å²) < 4.78 is 5.11. The Balaban J connectivity index is 2.51. The van der Waals surface area contributed by atoms with E-state index >= 15 is 0 Å². The van der Waals surface area contributed by atoms with Gasteiger partial charge in [-0.3, -0.25) is 4.79 Å². The molecule has 1 rings (SSSR count). The minimum absolute atomic E-state index is 0.226. The number of hydrogen-bond acceptors (Lipinski definition) is 2. The Morgan fingerprint density at radius 1 is 1.20 bits per heavy atom. The number of ether oxygens (including phenoxy) is 1. The fourth-order valence-corrected chi connectivity index (χ4v) is 3.53. The predicted octanol–water partition coefficient (Wildman–Crippen LogP) is 3.71. The van der Waals surface area contributed by atoms with E-state index < -0.39 is 0 Å². The maximum atomic E-state index is 12.6. The van der Waals surface area contributed by atoms with Crippen molar-refractivity contribution in [2.75, 3.05) is 32.1 Å². The molecule has 1 fully saturated rings. The molecule has 118 valence electrons. The van der Waals surface area contributed by atoms with Gasteiger partial charge in [0.25, 0.3) is 0 Å². The molecule has 0 aromatic heterocycles. The summed E-state index contributed by atoms with van der Waals surface area (Å²) in [5, 5.41) is 0.833. The Bertz CT molecular complexity index is 293. The molecule has 1 aliphatic carbocycles. The van der Waals surface area contributed by atoms with Crippen molar-refractivity contribution in [3.05, 3.63) is 0 Å². The van der Waals surface area contributed by atoms with Crippen LogP contribution in [0.1, 0.15) is 46.5 Å². The maximum absolute atomic E-state index is 12.6. The van der Waals surface area contributed by atoms with E-state index in [0.717, 1.165) is 30.6 Å². The first kappa shape index (κ1) is 18.0. The van der Waals surface area contributed by atoms with Crippen molar-refractivity contribution >= 4 is 21.8 Å². The first-order valence-electron chi connectivity index (χ1n) is 7.73. The third-order valence-electron chi connectivity index (χ3n) is 4.53. The predicted molar refractivity (Wildman–Crippen MR) is 87.2 cm³/mol. The van der Waals surface area contributed by atoms with Crippen LogP contribution in [0.25, 0.3) is 0 Å². The van der Waals surface area contributed by atoms with Crippen molar-refractivity contribution in [3.63, 3.8) is 0 Å². The molecule has 0 N–H and O–H groups in total. The zero-order valence-electron chi connectivity index (χ0n) is 13.5. The lowest BCUT2D eigenvalue weighted by Crippen LogP contribution is -2.41. The molecule has 0 radical (unpaired) electrons. The highest BCUT2D eigenvalue weighted by Gasteiger charge is 2.33. The number of alkyl halides is 1. The maximum Gasteiger partial charge on any atom is 0.225 e. The molecule has 1 aliphatic rings. The van der Waals surface area contributed by atoms with Gasteiger partial charge in [0.1, 0.15) is 0 Å². The Kier molecular flexibility index (Phi) is 7.52. The van der Waals surface area contributed by atoms with Gasteiger partial charge in [-0.1, -0.05) is 36.7 Å². The second-order valence-corrected chi connectivity index (χ2v) is 7.71. The standard InChI is InChI=1S/C16H30BrNO2/c1-16(2,3)14-7-5-13(6-8-14)15(19)18(10-9-17)11-12-20-4/h13-14H,5-12H2,1-4H3. The summed E-state index contributed by atoms with van der Waals surface area (Å²) in [7, 11) is 1.69. The van der Waals surface area contributed by atoms with Crippen LogP contribution in [0.4, 0.5) is 0 Å². The summed E-state index contributed by atoms with van der Waals surface area (Å²) in [5.74, 6) is 1.31. The minimum Gasteiger partial charge on any atom is -0.383 e. The van der Waals surface area contributed by atoms with Crippen molar-refractivity contribution in [3.8, 4) is 0 Å². The highest BCUT2D eigenvalue weighted by atomic mass is 79.9. The van der Waals surface area contributed by atoms with Crippen LogP contribution < -0.4 is 0 Å². The molecule has 0 spiro atoms. The summed E-state index contributed by atoms with van der Waals surface area (Å²) in [6.07, 6.45) is 4.47. The molecular weight excluding hydrogens is 318 g/mol. The highest BCUT2D eigenvalue weighted by Crippen LogP contribution is 2.40. The van der Waals surface area contributed by atoms with Crippen LogP contribution in [0.15, 0.2) is 0 Å². The summed E-state index contributed by atoms with van der Waals surface area (Å²) in [6.45, 7) is 9.05. The van der Waals surface area contributed by atoms with Crippen molar-refractivity contribution in [1.82, 2.24) is 4.90 Å². The van der Waals surface area contributed by atoms with Gasteiger partial charge in [-0.15, -0.1) is 0 Å². The van der Waals surface area contributed by atoms with Gasteiger partial charge in [0, 0.05) is 31.4 Å². The number of amides is 1. The lowest BCUT2D eigenvalue weighted by atomic mass is 9.69. The SMILES string of the molecule is COCCN(CCBr)C(=O)C1CCC(C(C)(C)C)CC1. The Morgan fingerprint density at radius 3 is 2.25 bits per heavy atom. The molecule has 0 unspecified atom stereocenters. The van der Waals surface area contributed by atoms with Crippen molar-refractivity contribution in [1.29, 1.82) is 0 Å². The molecule has 20 heavy (non-hydrogen) atoms. The second-order valence-electron chi connectivity index (χ2n) is 6.92. The average molecular weight is 348 g/mol. The third kappa shape index (κ3) is 5.36. The number of carbonyl (C=O) groups excluding carboxylic acids is 1. The number of carbonyl (C=O) groups is 1. The lowest BCUT2D eigenvalue weighted by Gasteiger charge is -2.37. The summed E-state index contributed by atoms with van der Waals surface area (Å²) in [6, 6.07) is 0. The number of rotatable bonds is 6. The Morgan fingerprint density at radius 2 is 1.80 bits per heavy atom. The molecule has 0 saturated heterocycles. The topological polar surface area (TPSA) is 29.5 Å². The molecular formula is C16H30BrNO2. The van der Waals surface area contributed by atoms with E-state index in [1.54, 1.807) is 7.11 Å². The van der Waals surface area contributed by atoms with Gasteiger partial charge in [-0.25, -0.2) is 0 Å². The zero-order chi connectivity index (χ0) is 15.2. The Hall–Kier alpha value is -0.0900. The van der Waals surface area contributed by atoms with Gasteiger partial charge in [0.05, 0.1) is 6.61 Å². The van der Waals surface area contributed by atoms with Crippen molar-refractivity contribution in [2.24, 2.45) is 17.3 Å². The molecule has 3 nitrogen and oxygen atoms in total. The second kappa shape index (κ2) is 8.38. The number of nitrogens with zero attached hydrogens (tertiary/aromatic N) is 1. The third-order valence-corrected chi connectivity index (χ3v) is 4.89. The van der Waals surface area contributed by atoms with Crippen LogP contribution in [-0.2, 0) is 9.53 Å². The van der Waals surface area contributed by atoms with E-state index in [1.165, 1.54) is 12.8 Å². The number of methoxy groups -OCH3 is 1. The van der Waals surface area contributed by atoms with Crippen LogP contribution in [0.2, 0.25) is 0 Å². The van der Waals surface area contributed by atoms with Gasteiger partial charge < -0.3 is 9.64 Å². The number of halogens is 1. The smallest absolute Gasteiger partial charge is 0.225 e. The molecule has 0 aromatic carbocycles. The molecule has 4 heteroatoms. The zero-order valence-corrected chi connectivity index (χ0v) is 15.0. The van der Waals surface area contributed by atoms with Crippen LogP contribution in [-0.4, -0.2) is 42.9 Å². The van der Waals surface area contributed by atoms with Crippen molar-refractivity contribution < 1.29 is 9.53 Å². The monoisotopic (exact) mass is 347 g/mol. The van der Waals surface area contributed by atoms with E-state index in [-0.39, 0.29) is 5.92 Å². The van der Waals surface area contributed by atoms with Crippen LogP contribution >= 0.6 is 15.9 Å². The molecule has 1 amide bonds. The van der Waals surface area contributed by atoms with Gasteiger partial charge in [0.15, 0.2) is 0 Å². The first-order valence-corrected chi connectivity index (χ1v) is 8.86. The molecule has 0 aromatic rings. The van der Waals surface area contributed by atoms with E-state index in [1.807, 2.05) is 4.90 Å². The molecule has 0 atom stereocenters. The van der Waals surface area contributed by atoms with E-state index in [0.29, 0.717) is 24.5 Å². The fourth-order valence-electron chi connectivity index (χ4n) is 3.10. The molecule has 0 heterocycles. The van der Waals surface area contributed by atoms with Crippen LogP contribution in [0.5, 0.6) is 0 Å². The van der Waals surface area contributed by atoms with Crippen molar-refractivity contribution in [2.45, 2.75) is 46.5 Å². The fraction of sp³-hybridized carbons (Fsp3) is 0.938. The minimum atomic E-state index is 0.226. The van der Waals surface area contributed by atoms with Gasteiger partial charge >= 0.3 is 0 Å². The molecule has 0 bridgehead atoms. The molecule has 1 saturated carbocycles. The van der Waals surface area contributed by atoms with Gasteiger partial charge in [-0.2, -0.15) is 0 Å². The summed E-state index contributed by atoms with van der Waals surface area (Å²) >= 11 is 3.44. The van der Waals surface area contributed by atoms with E-state index in [2.05, 4.69) is 36.7 Å². The molecule has 0 aliphatic heterocycles. The van der Waals surface area contributed by atoms with Crippen LogP contribution in [0, 0.1) is 17.3 Å². The van der Waals surface area contributed by atoms with Crippen LogP contribution in [0.3, 0.4) is 0 Å².